The highest BCUT2D eigenvalue weighted by Crippen LogP contribution is 2.37. The minimum atomic E-state index is -4.42. The molecular weight excluding hydrogens is 1970 g/mol. The molecule has 0 radical (unpaired) electrons. The highest BCUT2D eigenvalue weighted by atomic mass is 35.5. The molecule has 15 aromatic carbocycles. The van der Waals surface area contributed by atoms with E-state index in [-0.39, 0.29) is 48.7 Å². The number of hydrogen-bond acceptors (Lipinski definition) is 10. The number of hydrogen-bond donors (Lipinski definition) is 5. The summed E-state index contributed by atoms with van der Waals surface area (Å²) in [6.07, 6.45) is -0.506. The van der Waals surface area contributed by atoms with Gasteiger partial charge in [-0.05, 0) is 244 Å². The van der Waals surface area contributed by atoms with E-state index in [1.165, 1.54) is 12.1 Å². The van der Waals surface area contributed by atoms with Crippen LogP contribution in [0.5, 0.6) is 0 Å². The third-order valence-electron chi connectivity index (χ3n) is 23.9. The number of amides is 5. The summed E-state index contributed by atoms with van der Waals surface area (Å²) in [5.74, 6) is -1.16. The van der Waals surface area contributed by atoms with Crippen LogP contribution in [-0.4, -0.2) is 78.4 Å². The van der Waals surface area contributed by atoms with Crippen molar-refractivity contribution in [2.75, 3.05) is 0 Å². The van der Waals surface area contributed by atoms with Gasteiger partial charge in [-0.15, -0.1) is 0 Å². The first kappa shape index (κ1) is 102. The van der Waals surface area contributed by atoms with Crippen molar-refractivity contribution in [3.05, 3.63) is 471 Å². The zero-order chi connectivity index (χ0) is 102. The number of carbonyl (C=O) groups excluding carboxylic acids is 5. The van der Waals surface area contributed by atoms with Crippen molar-refractivity contribution >= 4 is 154 Å². The average molecular weight is 2060 g/mol. The Bertz CT molecular complexity index is 8260. The van der Waals surface area contributed by atoms with Crippen LogP contribution in [0.2, 0.25) is 30.1 Å². The molecule has 32 heteroatoms. The highest BCUT2D eigenvalue weighted by Gasteiger charge is 2.32. The lowest BCUT2D eigenvalue weighted by Gasteiger charge is -2.15. The van der Waals surface area contributed by atoms with Gasteiger partial charge in [0.2, 0.25) is 0 Å². The van der Waals surface area contributed by atoms with Gasteiger partial charge < -0.3 is 26.6 Å². The molecule has 20 aromatic rings. The number of alkyl halides is 6. The number of benzene rings is 15. The molecule has 20 rings (SSSR count). The van der Waals surface area contributed by atoms with Gasteiger partial charge in [0, 0.05) is 53.1 Å². The van der Waals surface area contributed by atoms with Gasteiger partial charge in [-0.25, -0.2) is 23.4 Å². The Balaban J connectivity index is 0.000000130. The second-order valence-electron chi connectivity index (χ2n) is 34.0. The normalized spacial score (nSPS) is 11.5. The number of halogens is 12. The lowest BCUT2D eigenvalue weighted by atomic mass is 10.0. The lowest BCUT2D eigenvalue weighted by Crippen LogP contribution is -2.26. The molecular formula is C113H89Cl6F6N15O5. The molecule has 0 saturated heterocycles. The second-order valence-corrected chi connectivity index (χ2v) is 36.5. The number of carbonyl (C=O) groups is 5. The fourth-order valence-electron chi connectivity index (χ4n) is 16.4. The van der Waals surface area contributed by atoms with Crippen LogP contribution in [-0.2, 0) is 38.5 Å². The summed E-state index contributed by atoms with van der Waals surface area (Å²) >= 11 is 36.5. The zero-order valence-corrected chi connectivity index (χ0v) is 82.9. The summed E-state index contributed by atoms with van der Waals surface area (Å²) in [4.78, 5) is 64.1. The summed E-state index contributed by atoms with van der Waals surface area (Å²) < 4.78 is 86.0. The minimum absolute atomic E-state index is 0.00877. The van der Waals surface area contributed by atoms with Crippen molar-refractivity contribution in [1.82, 2.24) is 75.5 Å². The lowest BCUT2D eigenvalue weighted by molar-refractivity contribution is -0.138. The standard InChI is InChI=1S/C23H19Cl2N3O.2C23H18F3N3O.2C22H17Cl2N3O/c1-14-5-3-6-16(11-14)15(2)27-23(29)18-7-4-8-22-19(18)13-26-28(22)17-9-10-20(24)21(25)12-17;1-15-5-2-8-18(11-15)29-21-10-4-9-19(20(21)14-28-29)22(30)27-13-16-6-3-7-17(12-16)23(24,25)26;1-15-6-2-3-10-20(15)29-21-11-5-9-18(19(21)14-28-29)22(30)27-13-16-7-4-8-17(12-16)23(24,25)26;1-14-4-2-5-15(10-14)12-25-22(28)17-6-3-7-21-18(17)13-26-27(21)16-8-9-19(23)20(24)11-16;1-14-5-2-3-6-15(14)12-25-22(28)17-7-4-8-21-18(17)13-26-27(21)16-9-10-19(23)20(24)11-16/h3-13,15H,1-2H3,(H,27,29);2*2-12,14H,13H2,1H3,(H,27,30);2*2-11,13H,12H2,1H3,(H,25,28). The van der Waals surface area contributed by atoms with Crippen molar-refractivity contribution < 1.29 is 50.3 Å². The number of aromatic nitrogens is 10. The molecule has 20 nitrogen and oxygen atoms in total. The van der Waals surface area contributed by atoms with Crippen molar-refractivity contribution in [1.29, 1.82) is 0 Å². The highest BCUT2D eigenvalue weighted by molar-refractivity contribution is 6.43. The van der Waals surface area contributed by atoms with E-state index in [1.54, 1.807) is 139 Å². The maximum Gasteiger partial charge on any atom is 0.416 e. The smallest absolute Gasteiger partial charge is 0.348 e. The van der Waals surface area contributed by atoms with E-state index in [1.807, 2.05) is 224 Å². The Labute approximate surface area is 859 Å². The van der Waals surface area contributed by atoms with Gasteiger partial charge in [-0.1, -0.05) is 238 Å². The van der Waals surface area contributed by atoms with E-state index in [0.29, 0.717) is 92.9 Å². The molecule has 0 spiro atoms. The summed E-state index contributed by atoms with van der Waals surface area (Å²) in [6, 6.07) is 92.8. The first-order valence-electron chi connectivity index (χ1n) is 45.4. The van der Waals surface area contributed by atoms with Crippen molar-refractivity contribution in [3.8, 4) is 28.4 Å². The maximum absolute atomic E-state index is 13.0. The molecule has 730 valence electrons. The van der Waals surface area contributed by atoms with Crippen LogP contribution in [0.25, 0.3) is 83.0 Å². The van der Waals surface area contributed by atoms with E-state index < -0.39 is 23.5 Å². The summed E-state index contributed by atoms with van der Waals surface area (Å²) in [5.41, 5.74) is 18.8. The summed E-state index contributed by atoms with van der Waals surface area (Å²) in [6.45, 7) is 13.0. The van der Waals surface area contributed by atoms with Crippen LogP contribution < -0.4 is 26.6 Å². The van der Waals surface area contributed by atoms with Gasteiger partial charge in [0.25, 0.3) is 29.5 Å². The maximum atomic E-state index is 13.0. The van der Waals surface area contributed by atoms with Gasteiger partial charge in [0.15, 0.2) is 0 Å². The zero-order valence-electron chi connectivity index (χ0n) is 78.4. The monoisotopic (exact) mass is 2060 g/mol. The second kappa shape index (κ2) is 45.3. The van der Waals surface area contributed by atoms with Crippen LogP contribution in [0.4, 0.5) is 26.3 Å². The van der Waals surface area contributed by atoms with Gasteiger partial charge in [-0.2, -0.15) is 51.8 Å². The van der Waals surface area contributed by atoms with E-state index in [9.17, 15) is 50.3 Å². The van der Waals surface area contributed by atoms with E-state index in [4.69, 9.17) is 69.6 Å². The molecule has 145 heavy (non-hydrogen) atoms. The van der Waals surface area contributed by atoms with Gasteiger partial charge >= 0.3 is 12.4 Å². The van der Waals surface area contributed by atoms with E-state index >= 15 is 0 Å². The first-order valence-corrected chi connectivity index (χ1v) is 47.7. The number of rotatable bonds is 20. The fraction of sp³-hybridized carbons (Fsp3) is 0.115. The van der Waals surface area contributed by atoms with Crippen LogP contribution in [0.1, 0.15) is 132 Å². The average Bonchev–Trinajstić information content (AvgIpc) is 1.65. The van der Waals surface area contributed by atoms with Gasteiger partial charge in [-0.3, -0.25) is 24.0 Å². The molecule has 0 aliphatic carbocycles. The third-order valence-corrected chi connectivity index (χ3v) is 26.1. The van der Waals surface area contributed by atoms with Crippen LogP contribution in [0.15, 0.2) is 346 Å². The minimum Gasteiger partial charge on any atom is -0.348 e. The van der Waals surface area contributed by atoms with Crippen molar-refractivity contribution in [3.63, 3.8) is 0 Å². The molecule has 5 amide bonds. The quantitative estimate of drug-likeness (QED) is 0.0453. The molecule has 0 aliphatic rings. The van der Waals surface area contributed by atoms with Crippen molar-refractivity contribution in [2.24, 2.45) is 0 Å². The Kier molecular flexibility index (Phi) is 31.9. The number of nitrogens with one attached hydrogen (secondary N) is 5. The molecule has 0 fully saturated rings. The van der Waals surface area contributed by atoms with Crippen LogP contribution in [0, 0.1) is 34.6 Å². The largest absolute Gasteiger partial charge is 0.416 e. The number of aryl methyl sites for hydroxylation is 5. The van der Waals surface area contributed by atoms with Gasteiger partial charge in [0.1, 0.15) is 0 Å². The predicted octanol–water partition coefficient (Wildman–Crippen LogP) is 27.8. The SMILES string of the molecule is Cc1cccc(-n2ncc3c(C(=O)NCc4cccc(C(F)(F)F)c4)cccc32)c1.Cc1cccc(C(C)NC(=O)c2cccc3c2cnn3-c2ccc(Cl)c(Cl)c2)c1.Cc1cccc(CNC(=O)c2cccc3c2cnn3-c2ccc(Cl)c(Cl)c2)c1.Cc1ccccc1-n1ncc2c(C(=O)NCc3cccc(C(F)(F)F)c3)cccc21.Cc1ccccc1CNC(=O)c1cccc2c1cnn2-c1ccc(Cl)c(Cl)c1. The van der Waals surface area contributed by atoms with E-state index in [2.05, 4.69) is 64.2 Å². The molecule has 0 aliphatic heterocycles. The molecule has 5 heterocycles. The third kappa shape index (κ3) is 24.3. The molecule has 1 atom stereocenters. The predicted molar refractivity (Wildman–Crippen MR) is 562 cm³/mol. The molecule has 5 N–H and O–H groups in total. The molecule has 1 unspecified atom stereocenters. The topological polar surface area (TPSA) is 235 Å². The number of para-hydroxylation sites is 1. The van der Waals surface area contributed by atoms with Gasteiger partial charge in [0.05, 0.1) is 162 Å². The van der Waals surface area contributed by atoms with Crippen LogP contribution in [0.3, 0.4) is 0 Å². The fourth-order valence-corrected chi connectivity index (χ4v) is 17.3. The Morgan fingerprint density at radius 3 is 0.966 bits per heavy atom. The van der Waals surface area contributed by atoms with E-state index in [0.717, 1.165) is 141 Å². The Morgan fingerprint density at radius 2 is 0.600 bits per heavy atom. The van der Waals surface area contributed by atoms with Crippen LogP contribution >= 0.6 is 69.6 Å². The molecule has 0 saturated carbocycles. The first-order chi connectivity index (χ1) is 69.7. The summed E-state index contributed by atoms with van der Waals surface area (Å²) in [7, 11) is 0. The Morgan fingerprint density at radius 1 is 0.290 bits per heavy atom. The Hall–Kier alpha value is -15.7. The number of nitrogens with zero attached hydrogens (tertiary/aromatic N) is 10. The molecule has 0 bridgehead atoms. The number of fused-ring (bicyclic) bond motifs is 5. The summed E-state index contributed by atoms with van der Waals surface area (Å²) in [5, 5.41) is 43.1. The molecule has 5 aromatic heterocycles. The van der Waals surface area contributed by atoms with Crippen molar-refractivity contribution in [2.45, 2.75) is 86.1 Å².